The van der Waals surface area contributed by atoms with Crippen molar-refractivity contribution in [3.05, 3.63) is 29.8 Å². The van der Waals surface area contributed by atoms with Crippen LogP contribution in [0.25, 0.3) is 0 Å². The number of carbonyl (C=O) groups excluding carboxylic acids is 2. The van der Waals surface area contributed by atoms with Crippen molar-refractivity contribution in [1.82, 2.24) is 5.32 Å². The first-order chi connectivity index (χ1) is 11.9. The Morgan fingerprint density at radius 1 is 1.20 bits per heavy atom. The van der Waals surface area contributed by atoms with Gasteiger partial charge in [0.05, 0.1) is 19.3 Å². The van der Waals surface area contributed by atoms with E-state index in [0.29, 0.717) is 11.3 Å². The Hall–Kier alpha value is -2.20. The second-order valence-corrected chi connectivity index (χ2v) is 5.57. The Balaban J connectivity index is 2.17. The van der Waals surface area contributed by atoms with E-state index in [1.807, 2.05) is 0 Å². The van der Waals surface area contributed by atoms with E-state index in [9.17, 15) is 24.9 Å². The molecule has 2 rings (SSSR count). The Kier molecular flexibility index (Phi) is 6.32. The lowest BCUT2D eigenvalue weighted by Gasteiger charge is -2.42. The second kappa shape index (κ2) is 8.26. The van der Waals surface area contributed by atoms with Gasteiger partial charge >= 0.3 is 5.97 Å². The summed E-state index contributed by atoms with van der Waals surface area (Å²) in [5.74, 6) is -0.652. The third-order valence-electron chi connectivity index (χ3n) is 3.78. The summed E-state index contributed by atoms with van der Waals surface area (Å²) in [4.78, 5) is 22.8. The molecule has 4 N–H and O–H groups in total. The summed E-state index contributed by atoms with van der Waals surface area (Å²) in [5, 5.41) is 31.9. The van der Waals surface area contributed by atoms with E-state index in [0.717, 1.165) is 0 Å². The molecule has 1 aliphatic heterocycles. The minimum Gasteiger partial charge on any atom is -0.465 e. The summed E-state index contributed by atoms with van der Waals surface area (Å²) in [7, 11) is 1.27. The number of amides is 1. The van der Waals surface area contributed by atoms with Crippen LogP contribution in [0.15, 0.2) is 24.3 Å². The Bertz CT molecular complexity index is 605. The SMILES string of the molecule is COC(=O)c1ccc(O[C@@H]2O[C@H](CO)[C@H](O)[C@@H](O)[C@@H]2NC(C)=O)cc1. The fourth-order valence-electron chi connectivity index (χ4n) is 2.49. The van der Waals surface area contributed by atoms with Gasteiger partial charge in [0.1, 0.15) is 30.1 Å². The third kappa shape index (κ3) is 4.45. The number of aliphatic hydroxyl groups excluding tert-OH is 3. The topological polar surface area (TPSA) is 135 Å². The predicted octanol–water partition coefficient (Wildman–Crippen LogP) is -1.20. The van der Waals surface area contributed by atoms with Crippen LogP contribution >= 0.6 is 0 Å². The molecular formula is C16H21NO8. The molecule has 1 aliphatic rings. The maximum absolute atomic E-state index is 11.4. The molecule has 1 saturated heterocycles. The van der Waals surface area contributed by atoms with Crippen LogP contribution in [0, 0.1) is 0 Å². The number of nitrogens with one attached hydrogen (secondary N) is 1. The summed E-state index contributed by atoms with van der Waals surface area (Å²) in [6, 6.07) is 4.89. The molecule has 5 atom stereocenters. The van der Waals surface area contributed by atoms with Crippen LogP contribution in [0.5, 0.6) is 5.75 Å². The average Bonchev–Trinajstić information content (AvgIpc) is 2.60. The molecule has 1 heterocycles. The van der Waals surface area contributed by atoms with E-state index in [1.54, 1.807) is 0 Å². The van der Waals surface area contributed by atoms with Crippen molar-refractivity contribution >= 4 is 11.9 Å². The predicted molar refractivity (Wildman–Crippen MR) is 83.8 cm³/mol. The molecule has 138 valence electrons. The van der Waals surface area contributed by atoms with Gasteiger partial charge in [-0.25, -0.2) is 4.79 Å². The number of rotatable bonds is 5. The molecule has 0 saturated carbocycles. The van der Waals surface area contributed by atoms with E-state index >= 15 is 0 Å². The molecule has 0 aromatic heterocycles. The van der Waals surface area contributed by atoms with Gasteiger partial charge in [-0.05, 0) is 24.3 Å². The third-order valence-corrected chi connectivity index (χ3v) is 3.78. The Labute approximate surface area is 144 Å². The second-order valence-electron chi connectivity index (χ2n) is 5.57. The van der Waals surface area contributed by atoms with Crippen molar-refractivity contribution < 1.29 is 39.1 Å². The van der Waals surface area contributed by atoms with Crippen molar-refractivity contribution in [3.63, 3.8) is 0 Å². The highest BCUT2D eigenvalue weighted by molar-refractivity contribution is 5.89. The smallest absolute Gasteiger partial charge is 0.337 e. The van der Waals surface area contributed by atoms with Crippen LogP contribution in [0.1, 0.15) is 17.3 Å². The zero-order valence-corrected chi connectivity index (χ0v) is 13.8. The molecule has 9 nitrogen and oxygen atoms in total. The average molecular weight is 355 g/mol. The van der Waals surface area contributed by atoms with Gasteiger partial charge < -0.3 is 34.8 Å². The lowest BCUT2D eigenvalue weighted by molar-refractivity contribution is -0.244. The number of benzene rings is 1. The van der Waals surface area contributed by atoms with Crippen molar-refractivity contribution in [2.75, 3.05) is 13.7 Å². The van der Waals surface area contributed by atoms with Crippen LogP contribution < -0.4 is 10.1 Å². The quantitative estimate of drug-likeness (QED) is 0.484. The minimum absolute atomic E-state index is 0.299. The van der Waals surface area contributed by atoms with Crippen molar-refractivity contribution in [3.8, 4) is 5.75 Å². The zero-order valence-electron chi connectivity index (χ0n) is 13.8. The first kappa shape index (κ1) is 19.1. The van der Waals surface area contributed by atoms with Crippen LogP contribution in [0.3, 0.4) is 0 Å². The number of carbonyl (C=O) groups is 2. The molecule has 0 unspecified atom stereocenters. The number of hydrogen-bond acceptors (Lipinski definition) is 8. The van der Waals surface area contributed by atoms with Crippen LogP contribution in [0.2, 0.25) is 0 Å². The van der Waals surface area contributed by atoms with Gasteiger partial charge in [0.2, 0.25) is 12.2 Å². The van der Waals surface area contributed by atoms with E-state index in [1.165, 1.54) is 38.3 Å². The zero-order chi connectivity index (χ0) is 18.6. The summed E-state index contributed by atoms with van der Waals surface area (Å²) in [6.07, 6.45) is -5.00. The van der Waals surface area contributed by atoms with Gasteiger partial charge in [0.15, 0.2) is 0 Å². The fraction of sp³-hybridized carbons (Fsp3) is 0.500. The number of ether oxygens (including phenoxy) is 3. The molecule has 0 radical (unpaired) electrons. The van der Waals surface area contributed by atoms with E-state index in [2.05, 4.69) is 10.1 Å². The van der Waals surface area contributed by atoms with Gasteiger partial charge in [0.25, 0.3) is 0 Å². The highest BCUT2D eigenvalue weighted by Gasteiger charge is 2.46. The van der Waals surface area contributed by atoms with Gasteiger partial charge in [-0.1, -0.05) is 0 Å². The highest BCUT2D eigenvalue weighted by Crippen LogP contribution is 2.24. The van der Waals surface area contributed by atoms with Crippen LogP contribution in [-0.2, 0) is 14.3 Å². The molecule has 0 spiro atoms. The summed E-state index contributed by atoms with van der Waals surface area (Å²) in [6.45, 7) is 0.714. The monoisotopic (exact) mass is 355 g/mol. The molecule has 1 aromatic rings. The van der Waals surface area contributed by atoms with Crippen LogP contribution in [0.4, 0.5) is 0 Å². The maximum atomic E-state index is 11.4. The Morgan fingerprint density at radius 2 is 1.84 bits per heavy atom. The lowest BCUT2D eigenvalue weighted by Crippen LogP contribution is -2.65. The van der Waals surface area contributed by atoms with Gasteiger partial charge in [-0.15, -0.1) is 0 Å². The molecule has 1 amide bonds. The van der Waals surface area contributed by atoms with E-state index in [-0.39, 0.29) is 0 Å². The summed E-state index contributed by atoms with van der Waals surface area (Å²) >= 11 is 0. The van der Waals surface area contributed by atoms with E-state index < -0.39 is 49.1 Å². The van der Waals surface area contributed by atoms with Gasteiger partial charge in [-0.3, -0.25) is 4.79 Å². The Morgan fingerprint density at radius 3 is 2.36 bits per heavy atom. The minimum atomic E-state index is -1.39. The number of esters is 1. The standard InChI is InChI=1S/C16H21NO8/c1-8(19)17-12-14(21)13(20)11(7-18)25-16(12)24-10-5-3-9(4-6-10)15(22)23-2/h3-6,11-14,16,18,20-21H,7H2,1-2H3,(H,17,19)/t11-,12+,13+,14+,16-/m1/s1. The van der Waals surface area contributed by atoms with Crippen molar-refractivity contribution in [2.45, 2.75) is 37.6 Å². The highest BCUT2D eigenvalue weighted by atomic mass is 16.7. The fourth-order valence-corrected chi connectivity index (χ4v) is 2.49. The molecule has 9 heteroatoms. The van der Waals surface area contributed by atoms with Crippen molar-refractivity contribution in [2.24, 2.45) is 0 Å². The molecule has 1 fully saturated rings. The molecular weight excluding hydrogens is 334 g/mol. The molecule has 1 aromatic carbocycles. The first-order valence-corrected chi connectivity index (χ1v) is 7.62. The maximum Gasteiger partial charge on any atom is 0.337 e. The van der Waals surface area contributed by atoms with Gasteiger partial charge in [-0.2, -0.15) is 0 Å². The largest absolute Gasteiger partial charge is 0.465 e. The van der Waals surface area contributed by atoms with Crippen molar-refractivity contribution in [1.29, 1.82) is 0 Å². The lowest BCUT2D eigenvalue weighted by atomic mass is 9.97. The number of hydrogen-bond donors (Lipinski definition) is 4. The van der Waals surface area contributed by atoms with E-state index in [4.69, 9.17) is 9.47 Å². The van der Waals surface area contributed by atoms with Crippen LogP contribution in [-0.4, -0.2) is 71.6 Å². The molecule has 0 bridgehead atoms. The summed E-state index contributed by atoms with van der Waals surface area (Å²) < 4.78 is 15.7. The normalized spacial score (nSPS) is 28.9. The number of methoxy groups -OCH3 is 1. The summed E-state index contributed by atoms with van der Waals surface area (Å²) in [5.41, 5.74) is 0.321. The number of aliphatic hydroxyl groups is 3. The molecule has 25 heavy (non-hydrogen) atoms. The first-order valence-electron chi connectivity index (χ1n) is 7.62. The van der Waals surface area contributed by atoms with Gasteiger partial charge in [0, 0.05) is 6.92 Å². The molecule has 0 aliphatic carbocycles.